The predicted octanol–water partition coefficient (Wildman–Crippen LogP) is 2.98. The first-order valence-electron chi connectivity index (χ1n) is 11.6. The molecule has 8 nitrogen and oxygen atoms in total. The Labute approximate surface area is 198 Å². The normalized spacial score (nSPS) is 15.2. The molecule has 0 N–H and O–H groups in total. The Morgan fingerprint density at radius 3 is 2.18 bits per heavy atom. The number of hydrogen-bond donors (Lipinski definition) is 0. The van der Waals surface area contributed by atoms with Gasteiger partial charge in [0.15, 0.2) is 17.2 Å². The third-order valence-corrected chi connectivity index (χ3v) is 6.62. The summed E-state index contributed by atoms with van der Waals surface area (Å²) in [6.45, 7) is 1.90. The van der Waals surface area contributed by atoms with E-state index in [0.717, 1.165) is 36.2 Å². The minimum atomic E-state index is -0.0812. The molecule has 3 aromatic rings. The van der Waals surface area contributed by atoms with Gasteiger partial charge >= 0.3 is 0 Å². The highest BCUT2D eigenvalue weighted by Gasteiger charge is 2.32. The molecule has 0 atom stereocenters. The molecule has 1 aliphatic heterocycles. The van der Waals surface area contributed by atoms with Gasteiger partial charge in [-0.05, 0) is 49.6 Å². The maximum absolute atomic E-state index is 13.4. The lowest BCUT2D eigenvalue weighted by atomic mass is 10.1. The van der Waals surface area contributed by atoms with Crippen molar-refractivity contribution in [2.75, 3.05) is 40.4 Å². The summed E-state index contributed by atoms with van der Waals surface area (Å²) in [6, 6.07) is 15.1. The molecule has 2 amide bonds. The van der Waals surface area contributed by atoms with Crippen LogP contribution < -0.4 is 9.47 Å². The molecule has 0 radical (unpaired) electrons. The highest BCUT2D eigenvalue weighted by atomic mass is 16.5. The van der Waals surface area contributed by atoms with E-state index in [0.29, 0.717) is 48.9 Å². The van der Waals surface area contributed by atoms with Crippen molar-refractivity contribution < 1.29 is 19.1 Å². The summed E-state index contributed by atoms with van der Waals surface area (Å²) in [7, 11) is 3.11. The second-order valence-corrected chi connectivity index (χ2v) is 8.53. The van der Waals surface area contributed by atoms with E-state index in [1.54, 1.807) is 37.3 Å². The van der Waals surface area contributed by atoms with E-state index in [1.165, 1.54) is 0 Å². The number of ether oxygens (including phenoxy) is 2. The minimum absolute atomic E-state index is 0.0500. The lowest BCUT2D eigenvalue weighted by Gasteiger charge is -2.34. The molecule has 1 aromatic heterocycles. The predicted molar refractivity (Wildman–Crippen MR) is 127 cm³/mol. The SMILES string of the molecule is COc1ccc(C(=O)N2CCN(C(=O)c3nn(-c4ccccc4)c4c3CCC4)CC2)cc1OC. The Bertz CT molecular complexity index is 1210. The number of amides is 2. The second kappa shape index (κ2) is 9.21. The fraction of sp³-hybridized carbons (Fsp3) is 0.346. The Kier molecular flexibility index (Phi) is 5.96. The molecule has 0 spiro atoms. The van der Waals surface area contributed by atoms with Crippen molar-refractivity contribution in [1.29, 1.82) is 0 Å². The molecule has 1 fully saturated rings. The van der Waals surface area contributed by atoms with E-state index >= 15 is 0 Å². The van der Waals surface area contributed by atoms with Gasteiger partial charge in [0.25, 0.3) is 11.8 Å². The minimum Gasteiger partial charge on any atom is -0.493 e. The summed E-state index contributed by atoms with van der Waals surface area (Å²) in [5.41, 5.74) is 4.27. The van der Waals surface area contributed by atoms with Crippen LogP contribution in [0.4, 0.5) is 0 Å². The molecule has 34 heavy (non-hydrogen) atoms. The Morgan fingerprint density at radius 1 is 0.824 bits per heavy atom. The standard InChI is InChI=1S/C26H28N4O4/c1-33-22-12-11-18(17-23(22)34-2)25(31)28-13-15-29(16-14-28)26(32)24-20-9-6-10-21(20)30(27-24)19-7-4-3-5-8-19/h3-5,7-8,11-12,17H,6,9-10,13-16H2,1-2H3. The highest BCUT2D eigenvalue weighted by Crippen LogP contribution is 2.30. The topological polar surface area (TPSA) is 76.9 Å². The summed E-state index contributed by atoms with van der Waals surface area (Å²) < 4.78 is 12.5. The summed E-state index contributed by atoms with van der Waals surface area (Å²) in [5.74, 6) is 0.968. The van der Waals surface area contributed by atoms with Crippen molar-refractivity contribution in [3.63, 3.8) is 0 Å². The highest BCUT2D eigenvalue weighted by molar-refractivity contribution is 5.96. The maximum atomic E-state index is 13.4. The molecule has 2 aliphatic rings. The van der Waals surface area contributed by atoms with Gasteiger partial charge in [-0.2, -0.15) is 5.10 Å². The van der Waals surface area contributed by atoms with Gasteiger partial charge in [0.1, 0.15) is 0 Å². The first-order chi connectivity index (χ1) is 16.6. The van der Waals surface area contributed by atoms with Crippen LogP contribution in [0.3, 0.4) is 0 Å². The molecular formula is C26H28N4O4. The van der Waals surface area contributed by atoms with Gasteiger partial charge in [0.05, 0.1) is 19.9 Å². The number of rotatable bonds is 5. The van der Waals surface area contributed by atoms with Crippen LogP contribution in [0.5, 0.6) is 11.5 Å². The lowest BCUT2D eigenvalue weighted by molar-refractivity contribution is 0.0531. The summed E-state index contributed by atoms with van der Waals surface area (Å²) >= 11 is 0. The molecule has 0 saturated carbocycles. The van der Waals surface area contributed by atoms with Gasteiger partial charge < -0.3 is 19.3 Å². The van der Waals surface area contributed by atoms with E-state index in [1.807, 2.05) is 39.9 Å². The average molecular weight is 461 g/mol. The Hall–Kier alpha value is -3.81. The molecule has 1 aliphatic carbocycles. The monoisotopic (exact) mass is 460 g/mol. The van der Waals surface area contributed by atoms with Crippen molar-refractivity contribution in [2.45, 2.75) is 19.3 Å². The number of para-hydroxylation sites is 1. The first kappa shape index (κ1) is 22.0. The van der Waals surface area contributed by atoms with Gasteiger partial charge in [0, 0.05) is 43.0 Å². The molecule has 0 bridgehead atoms. The average Bonchev–Trinajstić information content (AvgIpc) is 3.51. The maximum Gasteiger partial charge on any atom is 0.274 e. The number of carbonyl (C=O) groups excluding carboxylic acids is 2. The van der Waals surface area contributed by atoms with E-state index in [9.17, 15) is 9.59 Å². The summed E-state index contributed by atoms with van der Waals surface area (Å²) in [5, 5.41) is 4.73. The fourth-order valence-corrected chi connectivity index (χ4v) is 4.81. The van der Waals surface area contributed by atoms with Crippen LogP contribution in [0.1, 0.15) is 38.5 Å². The number of nitrogens with zero attached hydrogens (tertiary/aromatic N) is 4. The van der Waals surface area contributed by atoms with Crippen molar-refractivity contribution >= 4 is 11.8 Å². The van der Waals surface area contributed by atoms with Crippen LogP contribution in [-0.2, 0) is 12.8 Å². The van der Waals surface area contributed by atoms with Crippen LogP contribution in [-0.4, -0.2) is 71.8 Å². The quantitative estimate of drug-likeness (QED) is 0.585. The third kappa shape index (κ3) is 3.89. The lowest BCUT2D eigenvalue weighted by Crippen LogP contribution is -2.50. The van der Waals surface area contributed by atoms with Crippen molar-refractivity contribution in [2.24, 2.45) is 0 Å². The van der Waals surface area contributed by atoms with Crippen LogP contribution in [0.15, 0.2) is 48.5 Å². The first-order valence-corrected chi connectivity index (χ1v) is 11.6. The number of carbonyl (C=O) groups is 2. The van der Waals surface area contributed by atoms with Gasteiger partial charge in [-0.1, -0.05) is 18.2 Å². The summed E-state index contributed by atoms with van der Waals surface area (Å²) in [4.78, 5) is 30.0. The number of aromatic nitrogens is 2. The van der Waals surface area contributed by atoms with Gasteiger partial charge in [-0.15, -0.1) is 0 Å². The number of fused-ring (bicyclic) bond motifs is 1. The zero-order chi connectivity index (χ0) is 23.7. The molecule has 2 aromatic carbocycles. The van der Waals surface area contributed by atoms with E-state index in [4.69, 9.17) is 14.6 Å². The molecular weight excluding hydrogens is 432 g/mol. The molecule has 2 heterocycles. The van der Waals surface area contributed by atoms with Gasteiger partial charge in [0.2, 0.25) is 0 Å². The van der Waals surface area contributed by atoms with Gasteiger partial charge in [-0.25, -0.2) is 4.68 Å². The molecule has 0 unspecified atom stereocenters. The molecule has 8 heteroatoms. The number of methoxy groups -OCH3 is 2. The van der Waals surface area contributed by atoms with Crippen molar-refractivity contribution in [3.8, 4) is 17.2 Å². The Morgan fingerprint density at radius 2 is 1.50 bits per heavy atom. The third-order valence-electron chi connectivity index (χ3n) is 6.62. The molecule has 1 saturated heterocycles. The number of piperazine rings is 1. The van der Waals surface area contributed by atoms with E-state index in [2.05, 4.69) is 0 Å². The van der Waals surface area contributed by atoms with Gasteiger partial charge in [-0.3, -0.25) is 9.59 Å². The largest absolute Gasteiger partial charge is 0.493 e. The van der Waals surface area contributed by atoms with Crippen LogP contribution in [0.25, 0.3) is 5.69 Å². The fourth-order valence-electron chi connectivity index (χ4n) is 4.81. The van der Waals surface area contributed by atoms with Crippen molar-refractivity contribution in [1.82, 2.24) is 19.6 Å². The van der Waals surface area contributed by atoms with Crippen LogP contribution in [0.2, 0.25) is 0 Å². The van der Waals surface area contributed by atoms with Crippen LogP contribution >= 0.6 is 0 Å². The number of hydrogen-bond acceptors (Lipinski definition) is 5. The van der Waals surface area contributed by atoms with E-state index < -0.39 is 0 Å². The zero-order valence-corrected chi connectivity index (χ0v) is 19.5. The Balaban J connectivity index is 1.29. The van der Waals surface area contributed by atoms with Crippen LogP contribution in [0, 0.1) is 0 Å². The number of benzene rings is 2. The summed E-state index contributed by atoms with van der Waals surface area (Å²) in [6.07, 6.45) is 2.84. The smallest absolute Gasteiger partial charge is 0.274 e. The molecule has 5 rings (SSSR count). The zero-order valence-electron chi connectivity index (χ0n) is 19.5. The second-order valence-electron chi connectivity index (χ2n) is 8.53. The van der Waals surface area contributed by atoms with Crippen molar-refractivity contribution in [3.05, 3.63) is 71.0 Å². The molecule has 176 valence electrons. The van der Waals surface area contributed by atoms with E-state index in [-0.39, 0.29) is 11.8 Å².